The lowest BCUT2D eigenvalue weighted by molar-refractivity contribution is 1.18. The zero-order valence-electron chi connectivity index (χ0n) is 18.7. The number of fused-ring (bicyclic) bond motifs is 3. The summed E-state index contributed by atoms with van der Waals surface area (Å²) in [6.45, 7) is 2.21. The van der Waals surface area contributed by atoms with Gasteiger partial charge in [-0.3, -0.25) is 0 Å². The Morgan fingerprint density at radius 2 is 1.12 bits per heavy atom. The summed E-state index contributed by atoms with van der Waals surface area (Å²) in [4.78, 5) is 0. The van der Waals surface area contributed by atoms with E-state index in [1.165, 1.54) is 55.3 Å². The van der Waals surface area contributed by atoms with Crippen LogP contribution in [0.3, 0.4) is 0 Å². The van der Waals surface area contributed by atoms with E-state index in [1.54, 1.807) is 0 Å². The van der Waals surface area contributed by atoms with Crippen molar-refractivity contribution in [2.24, 2.45) is 0 Å². The van der Waals surface area contributed by atoms with E-state index in [2.05, 4.69) is 133 Å². The Morgan fingerprint density at radius 3 is 1.79 bits per heavy atom. The molecule has 1 aliphatic carbocycles. The molecule has 0 amide bonds. The summed E-state index contributed by atoms with van der Waals surface area (Å²) in [7, 11) is 0. The van der Waals surface area contributed by atoms with Crippen LogP contribution in [0.15, 0.2) is 127 Å². The van der Waals surface area contributed by atoms with Crippen LogP contribution >= 0.6 is 0 Å². The number of allylic oxidation sites excluding steroid dienone is 6. The van der Waals surface area contributed by atoms with Crippen LogP contribution in [0, 0.1) is 0 Å². The summed E-state index contributed by atoms with van der Waals surface area (Å²) in [5.74, 6) is 0. The van der Waals surface area contributed by atoms with Crippen molar-refractivity contribution < 1.29 is 0 Å². The predicted octanol–water partition coefficient (Wildman–Crippen LogP) is 8.60. The van der Waals surface area contributed by atoms with Crippen molar-refractivity contribution in [2.75, 3.05) is 0 Å². The predicted molar refractivity (Wildman–Crippen MR) is 142 cm³/mol. The summed E-state index contributed by atoms with van der Waals surface area (Å²) in [6, 6.07) is 37.0. The molecule has 1 heteroatoms. The van der Waals surface area contributed by atoms with Gasteiger partial charge in [-0.25, -0.2) is 0 Å². The maximum Gasteiger partial charge on any atom is 0.0541 e. The fraction of sp³-hybridized carbons (Fsp3) is 0.0625. The maximum atomic E-state index is 2.37. The van der Waals surface area contributed by atoms with Gasteiger partial charge in [-0.05, 0) is 66.0 Å². The molecule has 0 fully saturated rings. The van der Waals surface area contributed by atoms with E-state index in [4.69, 9.17) is 0 Å². The highest BCUT2D eigenvalue weighted by atomic mass is 15.0. The summed E-state index contributed by atoms with van der Waals surface area (Å²) in [6.07, 6.45) is 7.95. The first kappa shape index (κ1) is 19.6. The van der Waals surface area contributed by atoms with Gasteiger partial charge in [-0.15, -0.1) is 0 Å². The van der Waals surface area contributed by atoms with E-state index in [0.717, 1.165) is 6.42 Å². The Labute approximate surface area is 194 Å². The van der Waals surface area contributed by atoms with Crippen LogP contribution in [0.5, 0.6) is 0 Å². The van der Waals surface area contributed by atoms with Crippen LogP contribution in [-0.4, -0.2) is 4.57 Å². The Kier molecular flexibility index (Phi) is 4.81. The summed E-state index contributed by atoms with van der Waals surface area (Å²) >= 11 is 0. The molecule has 0 saturated heterocycles. The van der Waals surface area contributed by atoms with E-state index in [9.17, 15) is 0 Å². The van der Waals surface area contributed by atoms with Crippen LogP contribution in [0.25, 0.3) is 38.6 Å². The molecule has 158 valence electrons. The molecule has 0 radical (unpaired) electrons. The highest BCUT2D eigenvalue weighted by molar-refractivity contribution is 6.09. The number of rotatable bonds is 3. The van der Waals surface area contributed by atoms with Gasteiger partial charge >= 0.3 is 0 Å². The summed E-state index contributed by atoms with van der Waals surface area (Å²) < 4.78 is 2.37. The van der Waals surface area contributed by atoms with Gasteiger partial charge in [0.25, 0.3) is 0 Å². The molecule has 0 aliphatic heterocycles. The first-order chi connectivity index (χ1) is 16.3. The third kappa shape index (κ3) is 3.52. The topological polar surface area (TPSA) is 4.93 Å². The first-order valence-electron chi connectivity index (χ1n) is 11.5. The molecule has 0 saturated carbocycles. The molecular weight excluding hydrogens is 398 g/mol. The molecule has 1 aromatic heterocycles. The summed E-state index contributed by atoms with van der Waals surface area (Å²) in [5.41, 5.74) is 10.1. The molecule has 1 heterocycles. The monoisotopic (exact) mass is 423 g/mol. The van der Waals surface area contributed by atoms with Gasteiger partial charge in [0.1, 0.15) is 0 Å². The smallest absolute Gasteiger partial charge is 0.0541 e. The number of aromatic nitrogens is 1. The second kappa shape index (κ2) is 8.11. The second-order valence-electron chi connectivity index (χ2n) is 8.74. The molecule has 4 aromatic carbocycles. The van der Waals surface area contributed by atoms with Crippen LogP contribution in [0.1, 0.15) is 24.5 Å². The zero-order valence-corrected chi connectivity index (χ0v) is 18.7. The minimum atomic E-state index is 0.976. The fourth-order valence-electron chi connectivity index (χ4n) is 4.87. The quantitative estimate of drug-likeness (QED) is 0.274. The van der Waals surface area contributed by atoms with E-state index >= 15 is 0 Å². The minimum Gasteiger partial charge on any atom is -0.309 e. The zero-order chi connectivity index (χ0) is 22.2. The molecule has 0 atom stereocenters. The molecule has 1 nitrogen and oxygen atoms in total. The molecule has 0 unspecified atom stereocenters. The van der Waals surface area contributed by atoms with Gasteiger partial charge in [0.15, 0.2) is 0 Å². The third-order valence-corrected chi connectivity index (χ3v) is 6.50. The van der Waals surface area contributed by atoms with Crippen molar-refractivity contribution in [3.05, 3.63) is 138 Å². The van der Waals surface area contributed by atoms with Crippen molar-refractivity contribution in [3.8, 4) is 5.69 Å². The number of benzene rings is 4. The third-order valence-electron chi connectivity index (χ3n) is 6.50. The lowest BCUT2D eigenvalue weighted by Gasteiger charge is -2.10. The van der Waals surface area contributed by atoms with E-state index in [-0.39, 0.29) is 0 Å². The van der Waals surface area contributed by atoms with Gasteiger partial charge in [-0.1, -0.05) is 96.6 Å². The normalized spacial score (nSPS) is 14.0. The average Bonchev–Trinajstić information content (AvgIpc) is 3.07. The lowest BCUT2D eigenvalue weighted by Crippen LogP contribution is -1.94. The van der Waals surface area contributed by atoms with Crippen LogP contribution in [0.4, 0.5) is 0 Å². The van der Waals surface area contributed by atoms with E-state index in [0.29, 0.717) is 0 Å². The maximum absolute atomic E-state index is 2.37. The molecule has 5 aromatic rings. The van der Waals surface area contributed by atoms with Crippen molar-refractivity contribution >= 4 is 33.0 Å². The Morgan fingerprint density at radius 1 is 0.545 bits per heavy atom. The molecule has 1 aliphatic rings. The van der Waals surface area contributed by atoms with Crippen molar-refractivity contribution in [1.82, 2.24) is 4.57 Å². The molecule has 0 bridgehead atoms. The van der Waals surface area contributed by atoms with E-state index < -0.39 is 0 Å². The standard InChI is InChI=1S/C32H25N/c1-23-15-16-26(24-9-3-2-4-10-24)22-27(21-23)25-17-19-28(20-18-25)33-31-13-7-5-11-29(31)30-12-6-8-14-32(30)33/h2-14,16-22H,15H2,1H3. The van der Waals surface area contributed by atoms with Gasteiger partial charge in [0.05, 0.1) is 11.0 Å². The van der Waals surface area contributed by atoms with Crippen LogP contribution in [0.2, 0.25) is 0 Å². The minimum absolute atomic E-state index is 0.976. The van der Waals surface area contributed by atoms with E-state index in [1.807, 2.05) is 0 Å². The van der Waals surface area contributed by atoms with Crippen molar-refractivity contribution in [1.29, 1.82) is 0 Å². The molecular formula is C32H25N. The number of nitrogens with zero attached hydrogens (tertiary/aromatic N) is 1. The van der Waals surface area contributed by atoms with Gasteiger partial charge < -0.3 is 4.57 Å². The number of para-hydroxylation sites is 2. The number of hydrogen-bond donors (Lipinski definition) is 0. The highest BCUT2D eigenvalue weighted by Gasteiger charge is 2.12. The van der Waals surface area contributed by atoms with Gasteiger partial charge in [0.2, 0.25) is 0 Å². The average molecular weight is 424 g/mol. The molecule has 0 N–H and O–H groups in total. The Bertz CT molecular complexity index is 1500. The van der Waals surface area contributed by atoms with Crippen molar-refractivity contribution in [2.45, 2.75) is 13.3 Å². The van der Waals surface area contributed by atoms with Gasteiger partial charge in [0, 0.05) is 16.5 Å². The summed E-state index contributed by atoms with van der Waals surface area (Å²) in [5, 5.41) is 2.58. The highest BCUT2D eigenvalue weighted by Crippen LogP contribution is 2.33. The van der Waals surface area contributed by atoms with Crippen LogP contribution in [-0.2, 0) is 0 Å². The second-order valence-corrected chi connectivity index (χ2v) is 8.74. The van der Waals surface area contributed by atoms with Gasteiger partial charge in [-0.2, -0.15) is 0 Å². The SMILES string of the molecule is CC1=CC(c2ccc(-n3c4ccccc4c4ccccc43)cc2)=CC(c2ccccc2)=CC1. The molecule has 0 spiro atoms. The Balaban J connectivity index is 1.45. The molecule has 33 heavy (non-hydrogen) atoms. The number of hydrogen-bond acceptors (Lipinski definition) is 0. The molecule has 6 rings (SSSR count). The fourth-order valence-corrected chi connectivity index (χ4v) is 4.87. The largest absolute Gasteiger partial charge is 0.309 e. The van der Waals surface area contributed by atoms with Crippen molar-refractivity contribution in [3.63, 3.8) is 0 Å². The lowest BCUT2D eigenvalue weighted by atomic mass is 9.99. The Hall–Kier alpha value is -4.10. The van der Waals surface area contributed by atoms with Crippen LogP contribution < -0.4 is 0 Å². The first-order valence-corrected chi connectivity index (χ1v) is 11.5.